The number of hydrogen-bond donors (Lipinski definition) is 0. The maximum absolute atomic E-state index is 6.05. The molecule has 0 radical (unpaired) electrons. The number of hydrogen-bond acceptors (Lipinski definition) is 4. The lowest BCUT2D eigenvalue weighted by Crippen LogP contribution is -2.33. The Morgan fingerprint density at radius 3 is 2.86 bits per heavy atom. The van der Waals surface area contributed by atoms with E-state index in [2.05, 4.69) is 27.5 Å². The highest BCUT2D eigenvalue weighted by Gasteiger charge is 2.20. The Kier molecular flexibility index (Phi) is 4.51. The van der Waals surface area contributed by atoms with Gasteiger partial charge >= 0.3 is 0 Å². The largest absolute Gasteiger partial charge is 0.296 e. The normalized spacial score (nSPS) is 16.5. The lowest BCUT2D eigenvalue weighted by atomic mass is 9.94. The van der Waals surface area contributed by atoms with Crippen molar-refractivity contribution in [3.63, 3.8) is 0 Å². The van der Waals surface area contributed by atoms with Crippen LogP contribution in [0.15, 0.2) is 24.3 Å². The molecule has 6 heteroatoms. The van der Waals surface area contributed by atoms with Crippen LogP contribution in [-0.2, 0) is 6.54 Å². The first-order valence-corrected chi connectivity index (χ1v) is 7.85. The molecule has 0 unspecified atom stereocenters. The predicted octanol–water partition coefficient (Wildman–Crippen LogP) is 3.08. The summed E-state index contributed by atoms with van der Waals surface area (Å²) in [5.41, 5.74) is 0.902. The van der Waals surface area contributed by atoms with Crippen LogP contribution < -0.4 is 0 Å². The third kappa shape index (κ3) is 3.41. The van der Waals surface area contributed by atoms with Crippen LogP contribution in [-0.4, -0.2) is 38.2 Å². The third-order valence-corrected chi connectivity index (χ3v) is 4.41. The molecule has 0 amide bonds. The van der Waals surface area contributed by atoms with Crippen molar-refractivity contribution in [2.24, 2.45) is 0 Å². The molecule has 0 saturated heterocycles. The fourth-order valence-electron chi connectivity index (χ4n) is 2.99. The van der Waals surface area contributed by atoms with Gasteiger partial charge in [0.15, 0.2) is 5.82 Å². The van der Waals surface area contributed by atoms with E-state index >= 15 is 0 Å². The summed E-state index contributed by atoms with van der Waals surface area (Å²) >= 11 is 6.05. The molecular weight excluding hydrogens is 286 g/mol. The molecule has 1 aromatic heterocycles. The lowest BCUT2D eigenvalue weighted by Gasteiger charge is -2.30. The summed E-state index contributed by atoms with van der Waals surface area (Å²) < 4.78 is 1.77. The highest BCUT2D eigenvalue weighted by Crippen LogP contribution is 2.23. The number of benzene rings is 1. The minimum absolute atomic E-state index is 0.642. The van der Waals surface area contributed by atoms with Crippen molar-refractivity contribution < 1.29 is 0 Å². The van der Waals surface area contributed by atoms with E-state index in [1.807, 2.05) is 24.3 Å². The maximum atomic E-state index is 6.05. The van der Waals surface area contributed by atoms with Crippen LogP contribution in [0.5, 0.6) is 0 Å². The summed E-state index contributed by atoms with van der Waals surface area (Å²) in [6.07, 6.45) is 6.57. The highest BCUT2D eigenvalue weighted by atomic mass is 35.5. The molecule has 1 aliphatic rings. The van der Waals surface area contributed by atoms with E-state index in [9.17, 15) is 0 Å². The number of tetrazole rings is 1. The van der Waals surface area contributed by atoms with E-state index in [0.29, 0.717) is 11.1 Å². The summed E-state index contributed by atoms with van der Waals surface area (Å²) in [6, 6.07) is 8.24. The third-order valence-electron chi connectivity index (χ3n) is 4.18. The van der Waals surface area contributed by atoms with Gasteiger partial charge in [0.25, 0.3) is 0 Å². The topological polar surface area (TPSA) is 46.8 Å². The summed E-state index contributed by atoms with van der Waals surface area (Å²) in [5.74, 6) is 0.852. The first-order valence-electron chi connectivity index (χ1n) is 7.47. The SMILES string of the molecule is CN(Cc1nnnn1-c1cccc(Cl)c1)C1CCCCC1. The number of rotatable bonds is 4. The molecule has 0 atom stereocenters. The van der Waals surface area contributed by atoms with Crippen molar-refractivity contribution in [3.05, 3.63) is 35.1 Å². The zero-order valence-electron chi connectivity index (χ0n) is 12.2. The molecule has 21 heavy (non-hydrogen) atoms. The number of halogens is 1. The van der Waals surface area contributed by atoms with Crippen molar-refractivity contribution in [2.45, 2.75) is 44.7 Å². The Labute approximate surface area is 129 Å². The number of nitrogens with zero attached hydrogens (tertiary/aromatic N) is 5. The molecule has 112 valence electrons. The molecule has 3 rings (SSSR count). The molecule has 0 spiro atoms. The zero-order valence-corrected chi connectivity index (χ0v) is 13.0. The monoisotopic (exact) mass is 305 g/mol. The van der Waals surface area contributed by atoms with Crippen LogP contribution in [0, 0.1) is 0 Å². The van der Waals surface area contributed by atoms with E-state index in [1.165, 1.54) is 32.1 Å². The molecule has 0 bridgehead atoms. The minimum Gasteiger partial charge on any atom is -0.296 e. The zero-order chi connectivity index (χ0) is 14.7. The van der Waals surface area contributed by atoms with Crippen LogP contribution in [0.2, 0.25) is 5.02 Å². The fourth-order valence-corrected chi connectivity index (χ4v) is 3.17. The molecule has 1 fully saturated rings. The van der Waals surface area contributed by atoms with E-state index < -0.39 is 0 Å². The van der Waals surface area contributed by atoms with Gasteiger partial charge in [0, 0.05) is 11.1 Å². The Morgan fingerprint density at radius 2 is 2.10 bits per heavy atom. The Bertz CT molecular complexity index is 591. The molecule has 0 N–H and O–H groups in total. The second-order valence-corrected chi connectivity index (χ2v) is 6.13. The van der Waals surface area contributed by atoms with Crippen molar-refractivity contribution >= 4 is 11.6 Å². The van der Waals surface area contributed by atoms with Gasteiger partial charge < -0.3 is 0 Å². The Morgan fingerprint density at radius 1 is 1.29 bits per heavy atom. The van der Waals surface area contributed by atoms with Crippen LogP contribution in [0.1, 0.15) is 37.9 Å². The van der Waals surface area contributed by atoms with Gasteiger partial charge in [-0.1, -0.05) is 36.9 Å². The highest BCUT2D eigenvalue weighted by molar-refractivity contribution is 6.30. The summed E-state index contributed by atoms with van der Waals surface area (Å²) in [6.45, 7) is 0.754. The smallest absolute Gasteiger partial charge is 0.170 e. The molecule has 1 aromatic carbocycles. The van der Waals surface area contributed by atoms with E-state index in [-0.39, 0.29) is 0 Å². The van der Waals surface area contributed by atoms with Crippen molar-refractivity contribution in [3.8, 4) is 5.69 Å². The Balaban J connectivity index is 1.76. The molecule has 1 aliphatic carbocycles. The molecule has 1 saturated carbocycles. The number of aromatic nitrogens is 4. The van der Waals surface area contributed by atoms with Crippen molar-refractivity contribution in [1.82, 2.24) is 25.1 Å². The molecule has 5 nitrogen and oxygen atoms in total. The average molecular weight is 306 g/mol. The fraction of sp³-hybridized carbons (Fsp3) is 0.533. The Hall–Kier alpha value is -1.46. The van der Waals surface area contributed by atoms with Crippen LogP contribution in [0.4, 0.5) is 0 Å². The minimum atomic E-state index is 0.642. The quantitative estimate of drug-likeness (QED) is 0.871. The van der Waals surface area contributed by atoms with Gasteiger partial charge in [-0.15, -0.1) is 5.10 Å². The summed E-state index contributed by atoms with van der Waals surface area (Å²) in [7, 11) is 2.16. The van der Waals surface area contributed by atoms with Gasteiger partial charge in [0.05, 0.1) is 12.2 Å². The van der Waals surface area contributed by atoms with Crippen LogP contribution in [0.3, 0.4) is 0 Å². The predicted molar refractivity (Wildman–Crippen MR) is 82.5 cm³/mol. The lowest BCUT2D eigenvalue weighted by molar-refractivity contribution is 0.179. The van der Waals surface area contributed by atoms with Gasteiger partial charge in [-0.05, 0) is 48.5 Å². The molecule has 0 aliphatic heterocycles. The molecule has 1 heterocycles. The standard InChI is InChI=1S/C15H20ClN5/c1-20(13-7-3-2-4-8-13)11-15-17-18-19-21(15)14-9-5-6-12(16)10-14/h5-6,9-10,13H,2-4,7-8,11H2,1H3. The second-order valence-electron chi connectivity index (χ2n) is 5.69. The van der Waals surface area contributed by atoms with Gasteiger partial charge in [-0.2, -0.15) is 4.68 Å². The second kappa shape index (κ2) is 6.54. The molecule has 2 aromatic rings. The van der Waals surface area contributed by atoms with Crippen molar-refractivity contribution in [1.29, 1.82) is 0 Å². The van der Waals surface area contributed by atoms with E-state index in [0.717, 1.165) is 18.1 Å². The van der Waals surface area contributed by atoms with E-state index in [1.54, 1.807) is 4.68 Å². The first kappa shape index (κ1) is 14.5. The van der Waals surface area contributed by atoms with Gasteiger partial charge in [-0.3, -0.25) is 4.90 Å². The summed E-state index contributed by atoms with van der Waals surface area (Å²) in [5, 5.41) is 12.8. The summed E-state index contributed by atoms with van der Waals surface area (Å²) in [4.78, 5) is 2.37. The van der Waals surface area contributed by atoms with Gasteiger partial charge in [0.1, 0.15) is 0 Å². The van der Waals surface area contributed by atoms with Crippen molar-refractivity contribution in [2.75, 3.05) is 7.05 Å². The maximum Gasteiger partial charge on any atom is 0.170 e. The molecular formula is C15H20ClN5. The van der Waals surface area contributed by atoms with Gasteiger partial charge in [0.2, 0.25) is 0 Å². The van der Waals surface area contributed by atoms with Crippen LogP contribution >= 0.6 is 11.6 Å². The van der Waals surface area contributed by atoms with E-state index in [4.69, 9.17) is 11.6 Å². The van der Waals surface area contributed by atoms with Crippen LogP contribution in [0.25, 0.3) is 5.69 Å². The average Bonchev–Trinajstić information content (AvgIpc) is 2.96. The first-order chi connectivity index (χ1) is 10.2. The van der Waals surface area contributed by atoms with Gasteiger partial charge in [-0.25, -0.2) is 0 Å².